The molecule has 0 bridgehead atoms. The number of rotatable bonds is 3. The van der Waals surface area contributed by atoms with Crippen molar-refractivity contribution in [1.82, 2.24) is 10.9 Å². The number of urea groups is 1. The van der Waals surface area contributed by atoms with Crippen molar-refractivity contribution in [2.24, 2.45) is 5.84 Å². The van der Waals surface area contributed by atoms with E-state index in [4.69, 9.17) is 10.7 Å². The van der Waals surface area contributed by atoms with Gasteiger partial charge in [0.15, 0.2) is 0 Å². The molecule has 0 aliphatic heterocycles. The molecule has 1 aromatic carbocycles. The van der Waals surface area contributed by atoms with Crippen LogP contribution in [0.5, 0.6) is 0 Å². The van der Waals surface area contributed by atoms with Gasteiger partial charge in [0.2, 0.25) is 0 Å². The molecule has 0 heterocycles. The van der Waals surface area contributed by atoms with E-state index in [0.717, 1.165) is 5.56 Å². The maximum absolute atomic E-state index is 10.5. The van der Waals surface area contributed by atoms with E-state index >= 15 is 0 Å². The Bertz CT molecular complexity index is 263. The minimum absolute atomic E-state index is 0.314. The van der Waals surface area contributed by atoms with Crippen LogP contribution in [0, 0.1) is 0 Å². The van der Waals surface area contributed by atoms with E-state index in [2.05, 4.69) is 5.48 Å². The van der Waals surface area contributed by atoms with E-state index in [1.165, 1.54) is 0 Å². The predicted octanol–water partition coefficient (Wildman–Crippen LogP) is 0.291. The fraction of sp³-hybridized carbons (Fsp3) is 0.125. The van der Waals surface area contributed by atoms with E-state index in [0.29, 0.717) is 6.61 Å². The molecular weight excluding hydrogens is 170 g/mol. The molecule has 13 heavy (non-hydrogen) atoms. The molecule has 0 atom stereocenters. The summed E-state index contributed by atoms with van der Waals surface area (Å²) in [5, 5.41) is 0. The van der Waals surface area contributed by atoms with Crippen molar-refractivity contribution in [2.75, 3.05) is 0 Å². The maximum atomic E-state index is 10.5. The maximum Gasteiger partial charge on any atom is 0.352 e. The average molecular weight is 181 g/mol. The fourth-order valence-corrected chi connectivity index (χ4v) is 0.789. The van der Waals surface area contributed by atoms with Gasteiger partial charge in [0, 0.05) is 0 Å². The number of amides is 2. The summed E-state index contributed by atoms with van der Waals surface area (Å²) >= 11 is 0. The molecule has 0 unspecified atom stereocenters. The van der Waals surface area contributed by atoms with Gasteiger partial charge < -0.3 is 0 Å². The third kappa shape index (κ3) is 3.55. The summed E-state index contributed by atoms with van der Waals surface area (Å²) in [5.74, 6) is 4.81. The van der Waals surface area contributed by atoms with Gasteiger partial charge in [0.25, 0.3) is 0 Å². The van der Waals surface area contributed by atoms with Crippen molar-refractivity contribution >= 4 is 6.03 Å². The second kappa shape index (κ2) is 5.13. The Kier molecular flexibility index (Phi) is 3.74. The number of nitrogens with one attached hydrogen (secondary N) is 2. The number of hydrogen-bond donors (Lipinski definition) is 3. The fourth-order valence-electron chi connectivity index (χ4n) is 0.789. The molecule has 0 aliphatic rings. The van der Waals surface area contributed by atoms with Crippen LogP contribution in [-0.4, -0.2) is 6.03 Å². The normalized spacial score (nSPS) is 9.31. The molecule has 0 spiro atoms. The van der Waals surface area contributed by atoms with Crippen LogP contribution >= 0.6 is 0 Å². The third-order valence-corrected chi connectivity index (χ3v) is 1.38. The number of hydrazine groups is 1. The summed E-state index contributed by atoms with van der Waals surface area (Å²) in [6.45, 7) is 0.314. The van der Waals surface area contributed by atoms with Crippen molar-refractivity contribution in [3.8, 4) is 0 Å². The van der Waals surface area contributed by atoms with Crippen LogP contribution in [0.1, 0.15) is 5.56 Å². The van der Waals surface area contributed by atoms with Gasteiger partial charge in [-0.3, -0.25) is 10.3 Å². The summed E-state index contributed by atoms with van der Waals surface area (Å²) in [5.41, 5.74) is 4.95. The first-order valence-electron chi connectivity index (χ1n) is 3.75. The highest BCUT2D eigenvalue weighted by molar-refractivity contribution is 5.71. The van der Waals surface area contributed by atoms with E-state index in [1.807, 2.05) is 35.8 Å². The molecule has 70 valence electrons. The van der Waals surface area contributed by atoms with Crippen LogP contribution in [-0.2, 0) is 11.4 Å². The van der Waals surface area contributed by atoms with Gasteiger partial charge in [0.05, 0.1) is 6.61 Å². The molecule has 0 saturated heterocycles. The van der Waals surface area contributed by atoms with Gasteiger partial charge >= 0.3 is 6.03 Å². The quantitative estimate of drug-likeness (QED) is 0.356. The van der Waals surface area contributed by atoms with Crippen LogP contribution in [0.15, 0.2) is 30.3 Å². The van der Waals surface area contributed by atoms with E-state index in [1.54, 1.807) is 0 Å². The average Bonchev–Trinajstić information content (AvgIpc) is 2.19. The standard InChI is InChI=1S/C8H11N3O2/c9-10-8(12)11-13-6-7-4-2-1-3-5-7/h1-5H,6,9H2,(H2,10,11,12). The number of carbonyl (C=O) groups excluding carboxylic acids is 1. The first kappa shape index (κ1) is 9.50. The van der Waals surface area contributed by atoms with Crippen LogP contribution in [0.25, 0.3) is 0 Å². The SMILES string of the molecule is NNC(=O)NOCc1ccccc1. The number of hydroxylamine groups is 1. The Labute approximate surface area is 75.8 Å². The number of benzene rings is 1. The van der Waals surface area contributed by atoms with Crippen LogP contribution < -0.4 is 16.7 Å². The first-order chi connectivity index (χ1) is 6.33. The zero-order valence-corrected chi connectivity index (χ0v) is 6.99. The second-order valence-electron chi connectivity index (χ2n) is 2.35. The lowest BCUT2D eigenvalue weighted by Gasteiger charge is -2.04. The topological polar surface area (TPSA) is 76.4 Å². The van der Waals surface area contributed by atoms with E-state index < -0.39 is 6.03 Å². The minimum Gasteiger partial charge on any atom is -0.274 e. The van der Waals surface area contributed by atoms with Crippen LogP contribution in [0.3, 0.4) is 0 Å². The Morgan fingerprint density at radius 3 is 2.69 bits per heavy atom. The zero-order chi connectivity index (χ0) is 9.52. The molecule has 1 aromatic rings. The number of nitrogens with two attached hydrogens (primary N) is 1. The van der Waals surface area contributed by atoms with Crippen LogP contribution in [0.2, 0.25) is 0 Å². The first-order valence-corrected chi connectivity index (χ1v) is 3.75. The molecule has 0 aromatic heterocycles. The summed E-state index contributed by atoms with van der Waals surface area (Å²) in [4.78, 5) is 15.4. The van der Waals surface area contributed by atoms with Crippen LogP contribution in [0.4, 0.5) is 4.79 Å². The largest absolute Gasteiger partial charge is 0.352 e. The van der Waals surface area contributed by atoms with Crippen molar-refractivity contribution in [2.45, 2.75) is 6.61 Å². The van der Waals surface area contributed by atoms with Crippen molar-refractivity contribution in [3.63, 3.8) is 0 Å². The van der Waals surface area contributed by atoms with Gasteiger partial charge in [-0.25, -0.2) is 16.1 Å². The van der Waals surface area contributed by atoms with E-state index in [-0.39, 0.29) is 0 Å². The molecule has 0 radical (unpaired) electrons. The number of carbonyl (C=O) groups is 1. The lowest BCUT2D eigenvalue weighted by Crippen LogP contribution is -2.39. The van der Waals surface area contributed by atoms with E-state index in [9.17, 15) is 4.79 Å². The molecule has 1 rings (SSSR count). The molecule has 2 amide bonds. The van der Waals surface area contributed by atoms with Gasteiger partial charge in [-0.1, -0.05) is 30.3 Å². The molecule has 0 fully saturated rings. The molecule has 0 saturated carbocycles. The summed E-state index contributed by atoms with van der Waals surface area (Å²) in [7, 11) is 0. The third-order valence-electron chi connectivity index (χ3n) is 1.38. The van der Waals surface area contributed by atoms with Gasteiger partial charge in [-0.05, 0) is 5.56 Å². The van der Waals surface area contributed by atoms with Gasteiger partial charge in [0.1, 0.15) is 0 Å². The lowest BCUT2D eigenvalue weighted by atomic mass is 10.2. The van der Waals surface area contributed by atoms with Gasteiger partial charge in [-0.2, -0.15) is 0 Å². The summed E-state index contributed by atoms with van der Waals surface area (Å²) < 4.78 is 0. The predicted molar refractivity (Wildman–Crippen MR) is 47.1 cm³/mol. The van der Waals surface area contributed by atoms with Crippen molar-refractivity contribution in [1.29, 1.82) is 0 Å². The highest BCUT2D eigenvalue weighted by Crippen LogP contribution is 1.98. The monoisotopic (exact) mass is 181 g/mol. The van der Waals surface area contributed by atoms with Crippen molar-refractivity contribution in [3.05, 3.63) is 35.9 Å². The Balaban J connectivity index is 2.24. The molecule has 0 aliphatic carbocycles. The highest BCUT2D eigenvalue weighted by Gasteiger charge is 1.95. The van der Waals surface area contributed by atoms with Crippen molar-refractivity contribution < 1.29 is 9.63 Å². The minimum atomic E-state index is -0.573. The Hall–Kier alpha value is -1.59. The zero-order valence-electron chi connectivity index (χ0n) is 6.99. The smallest absolute Gasteiger partial charge is 0.274 e. The Morgan fingerprint density at radius 1 is 1.38 bits per heavy atom. The Morgan fingerprint density at radius 2 is 2.08 bits per heavy atom. The second-order valence-corrected chi connectivity index (χ2v) is 2.35. The van der Waals surface area contributed by atoms with Gasteiger partial charge in [-0.15, -0.1) is 0 Å². The highest BCUT2D eigenvalue weighted by atomic mass is 16.7. The summed E-state index contributed by atoms with van der Waals surface area (Å²) in [6, 6.07) is 8.90. The number of hydrogen-bond acceptors (Lipinski definition) is 3. The summed E-state index contributed by atoms with van der Waals surface area (Å²) in [6.07, 6.45) is 0. The molecule has 4 N–H and O–H groups in total. The molecular formula is C8H11N3O2. The molecule has 5 heteroatoms. The molecule has 5 nitrogen and oxygen atoms in total. The lowest BCUT2D eigenvalue weighted by molar-refractivity contribution is 0.0491.